The van der Waals surface area contributed by atoms with Gasteiger partial charge in [-0.25, -0.2) is 13.2 Å². The minimum atomic E-state index is -3.47. The van der Waals surface area contributed by atoms with Crippen molar-refractivity contribution in [2.75, 3.05) is 10.5 Å². The predicted molar refractivity (Wildman–Crippen MR) is 88.2 cm³/mol. The van der Waals surface area contributed by atoms with E-state index in [0.29, 0.717) is 5.69 Å². The Morgan fingerprint density at radius 3 is 2.13 bits per heavy atom. The third-order valence-electron chi connectivity index (χ3n) is 4.00. The average molecular weight is 331 g/mol. The first-order valence-electron chi connectivity index (χ1n) is 7.33. The fourth-order valence-electron chi connectivity index (χ4n) is 2.98. The van der Waals surface area contributed by atoms with Gasteiger partial charge in [0, 0.05) is 5.69 Å². The second-order valence-corrected chi connectivity index (χ2v) is 7.58. The molecule has 2 aromatic rings. The molecule has 0 aromatic heterocycles. The predicted octanol–water partition coefficient (Wildman–Crippen LogP) is 2.54. The molecule has 0 bridgehead atoms. The van der Waals surface area contributed by atoms with Gasteiger partial charge in [-0.1, -0.05) is 24.3 Å². The molecule has 0 amide bonds. The summed E-state index contributed by atoms with van der Waals surface area (Å²) in [5.74, 6) is -0.908. The zero-order chi connectivity index (χ0) is 16.4. The molecule has 5 nitrogen and oxygen atoms in total. The average Bonchev–Trinajstić information content (AvgIpc) is 2.88. The molecular formula is C17H17NO4S. The standard InChI is InChI=1S/C17H17NO4S/c19-17(20)13-5-7-16(8-6-13)18-23(21,22)11-12-9-14-3-1-2-4-15(14)10-12/h1-8,12,18H,9-11H2,(H,19,20). The summed E-state index contributed by atoms with van der Waals surface area (Å²) in [6.45, 7) is 0. The molecule has 1 aliphatic carbocycles. The molecule has 3 rings (SSSR count). The van der Waals surface area contributed by atoms with Crippen molar-refractivity contribution in [3.05, 3.63) is 65.2 Å². The number of hydrogen-bond acceptors (Lipinski definition) is 3. The van der Waals surface area contributed by atoms with Gasteiger partial charge in [-0.3, -0.25) is 4.72 Å². The Hall–Kier alpha value is -2.34. The maximum Gasteiger partial charge on any atom is 0.335 e. The maximum atomic E-state index is 12.3. The summed E-state index contributed by atoms with van der Waals surface area (Å²) in [5, 5.41) is 8.85. The molecule has 0 radical (unpaired) electrons. The fourth-order valence-corrected chi connectivity index (χ4v) is 4.42. The van der Waals surface area contributed by atoms with Crippen LogP contribution < -0.4 is 4.72 Å². The first-order valence-corrected chi connectivity index (χ1v) is 8.99. The number of carboxylic acid groups (broad SMARTS) is 1. The third kappa shape index (κ3) is 3.71. The van der Waals surface area contributed by atoms with Gasteiger partial charge in [0.1, 0.15) is 0 Å². The van der Waals surface area contributed by atoms with Crippen LogP contribution in [0.1, 0.15) is 21.5 Å². The number of rotatable bonds is 5. The molecule has 0 aliphatic heterocycles. The highest BCUT2D eigenvalue weighted by molar-refractivity contribution is 7.92. The second kappa shape index (κ2) is 6.04. The van der Waals surface area contributed by atoms with Crippen LogP contribution in [-0.2, 0) is 22.9 Å². The fraction of sp³-hybridized carbons (Fsp3) is 0.235. The minimum absolute atomic E-state index is 0.0579. The van der Waals surface area contributed by atoms with Gasteiger partial charge in [-0.05, 0) is 54.2 Å². The molecule has 0 fully saturated rings. The molecule has 2 N–H and O–H groups in total. The number of aromatic carboxylic acids is 1. The molecule has 2 aromatic carbocycles. The number of carboxylic acids is 1. The Morgan fingerprint density at radius 1 is 1.04 bits per heavy atom. The summed E-state index contributed by atoms with van der Waals surface area (Å²) in [6, 6.07) is 13.7. The van der Waals surface area contributed by atoms with Crippen LogP contribution in [0.3, 0.4) is 0 Å². The summed E-state index contributed by atoms with van der Waals surface area (Å²) in [6.07, 6.45) is 1.55. The van der Waals surface area contributed by atoms with Crippen LogP contribution in [0.15, 0.2) is 48.5 Å². The first-order chi connectivity index (χ1) is 10.9. The Labute approximate surface area is 135 Å². The van der Waals surface area contributed by atoms with Crippen molar-refractivity contribution in [2.45, 2.75) is 12.8 Å². The van der Waals surface area contributed by atoms with Gasteiger partial charge in [0.2, 0.25) is 10.0 Å². The summed E-state index contributed by atoms with van der Waals surface area (Å²) >= 11 is 0. The Balaban J connectivity index is 1.65. The van der Waals surface area contributed by atoms with Gasteiger partial charge >= 0.3 is 5.97 Å². The van der Waals surface area contributed by atoms with Gasteiger partial charge in [0.25, 0.3) is 0 Å². The Kier molecular flexibility index (Phi) is 4.09. The lowest BCUT2D eigenvalue weighted by Gasteiger charge is -2.12. The van der Waals surface area contributed by atoms with E-state index in [4.69, 9.17) is 5.11 Å². The highest BCUT2D eigenvalue weighted by atomic mass is 32.2. The Morgan fingerprint density at radius 2 is 1.61 bits per heavy atom. The monoisotopic (exact) mass is 331 g/mol. The van der Waals surface area contributed by atoms with E-state index in [2.05, 4.69) is 4.72 Å². The second-order valence-electron chi connectivity index (χ2n) is 5.81. The molecule has 23 heavy (non-hydrogen) atoms. The van der Waals surface area contributed by atoms with Crippen LogP contribution in [0, 0.1) is 5.92 Å². The zero-order valence-corrected chi connectivity index (χ0v) is 13.2. The number of anilines is 1. The van der Waals surface area contributed by atoms with Crippen molar-refractivity contribution in [3.63, 3.8) is 0 Å². The van der Waals surface area contributed by atoms with Crippen LogP contribution in [0.5, 0.6) is 0 Å². The number of nitrogens with one attached hydrogen (secondary N) is 1. The van der Waals surface area contributed by atoms with Gasteiger partial charge < -0.3 is 5.11 Å². The van der Waals surface area contributed by atoms with Crippen molar-refractivity contribution in [1.82, 2.24) is 0 Å². The van der Waals surface area contributed by atoms with E-state index < -0.39 is 16.0 Å². The van der Waals surface area contributed by atoms with Crippen LogP contribution in [0.25, 0.3) is 0 Å². The largest absolute Gasteiger partial charge is 0.478 e. The lowest BCUT2D eigenvalue weighted by molar-refractivity contribution is 0.0697. The van der Waals surface area contributed by atoms with E-state index >= 15 is 0 Å². The highest BCUT2D eigenvalue weighted by Crippen LogP contribution is 2.27. The number of benzene rings is 2. The lowest BCUT2D eigenvalue weighted by Crippen LogP contribution is -2.23. The minimum Gasteiger partial charge on any atom is -0.478 e. The lowest BCUT2D eigenvalue weighted by atomic mass is 10.1. The first kappa shape index (κ1) is 15.6. The molecule has 0 saturated heterocycles. The smallest absolute Gasteiger partial charge is 0.335 e. The van der Waals surface area contributed by atoms with Crippen LogP contribution in [0.4, 0.5) is 5.69 Å². The molecular weight excluding hydrogens is 314 g/mol. The van der Waals surface area contributed by atoms with Crippen molar-refractivity contribution in [3.8, 4) is 0 Å². The van der Waals surface area contributed by atoms with E-state index in [-0.39, 0.29) is 17.2 Å². The normalized spacial score (nSPS) is 14.4. The van der Waals surface area contributed by atoms with E-state index in [1.54, 1.807) is 0 Å². The van der Waals surface area contributed by atoms with E-state index in [9.17, 15) is 13.2 Å². The highest BCUT2D eigenvalue weighted by Gasteiger charge is 2.26. The molecule has 0 atom stereocenters. The molecule has 6 heteroatoms. The van der Waals surface area contributed by atoms with Crippen LogP contribution in [-0.4, -0.2) is 25.2 Å². The van der Waals surface area contributed by atoms with Crippen molar-refractivity contribution in [2.24, 2.45) is 5.92 Å². The van der Waals surface area contributed by atoms with Gasteiger partial charge in [-0.15, -0.1) is 0 Å². The van der Waals surface area contributed by atoms with E-state index in [0.717, 1.165) is 12.8 Å². The van der Waals surface area contributed by atoms with Crippen molar-refractivity contribution in [1.29, 1.82) is 0 Å². The van der Waals surface area contributed by atoms with E-state index in [1.807, 2.05) is 24.3 Å². The molecule has 0 heterocycles. The summed E-state index contributed by atoms with van der Waals surface area (Å²) < 4.78 is 27.1. The van der Waals surface area contributed by atoms with Crippen LogP contribution in [0.2, 0.25) is 0 Å². The van der Waals surface area contributed by atoms with Gasteiger partial charge in [0.15, 0.2) is 0 Å². The Bertz CT molecular complexity index is 803. The molecule has 0 saturated carbocycles. The molecule has 0 spiro atoms. The number of hydrogen-bond donors (Lipinski definition) is 2. The third-order valence-corrected chi connectivity index (χ3v) is 5.45. The van der Waals surface area contributed by atoms with Gasteiger partial charge in [0.05, 0.1) is 11.3 Å². The van der Waals surface area contributed by atoms with Gasteiger partial charge in [-0.2, -0.15) is 0 Å². The van der Waals surface area contributed by atoms with Crippen LogP contribution >= 0.6 is 0 Å². The molecule has 120 valence electrons. The maximum absolute atomic E-state index is 12.3. The quantitative estimate of drug-likeness (QED) is 0.882. The number of carbonyl (C=O) groups is 1. The van der Waals surface area contributed by atoms with Crippen molar-refractivity contribution >= 4 is 21.7 Å². The number of sulfonamides is 1. The summed E-state index contributed by atoms with van der Waals surface area (Å²) in [7, 11) is -3.47. The summed E-state index contributed by atoms with van der Waals surface area (Å²) in [4.78, 5) is 10.8. The molecule has 1 aliphatic rings. The van der Waals surface area contributed by atoms with Crippen molar-refractivity contribution < 1.29 is 18.3 Å². The number of fused-ring (bicyclic) bond motifs is 1. The summed E-state index contributed by atoms with van der Waals surface area (Å²) in [5.41, 5.74) is 2.95. The zero-order valence-electron chi connectivity index (χ0n) is 12.4. The molecule has 0 unspecified atom stereocenters. The topological polar surface area (TPSA) is 83.5 Å². The van der Waals surface area contributed by atoms with E-state index in [1.165, 1.54) is 35.4 Å². The SMILES string of the molecule is O=C(O)c1ccc(NS(=O)(=O)CC2Cc3ccccc3C2)cc1.